The highest BCUT2D eigenvalue weighted by Crippen LogP contribution is 2.18. The van der Waals surface area contributed by atoms with Crippen LogP contribution in [0.3, 0.4) is 0 Å². The molecule has 4 nitrogen and oxygen atoms in total. The van der Waals surface area contributed by atoms with Crippen LogP contribution in [0.4, 0.5) is 0 Å². The van der Waals surface area contributed by atoms with Gasteiger partial charge in [0.15, 0.2) is 0 Å². The fraction of sp³-hybridized carbons (Fsp3) is 0.938. The molecule has 4 heteroatoms. The Bertz CT molecular complexity index is 284. The standard InChI is InChI=1S/C16H32N2O2/c1-12(2)9-15(17-10-13(3)4)16(20)18-7-5-14(11-19)6-8-18/h12-15,17,19H,5-11H2,1-4H3. The zero-order valence-corrected chi connectivity index (χ0v) is 13.6. The molecule has 0 spiro atoms. The average molecular weight is 284 g/mol. The van der Waals surface area contributed by atoms with Crippen LogP contribution in [0.25, 0.3) is 0 Å². The minimum Gasteiger partial charge on any atom is -0.396 e. The summed E-state index contributed by atoms with van der Waals surface area (Å²) in [5.41, 5.74) is 0. The smallest absolute Gasteiger partial charge is 0.239 e. The third-order valence-corrected chi connectivity index (χ3v) is 3.96. The molecule has 1 heterocycles. The number of aliphatic hydroxyl groups is 1. The first-order valence-corrected chi connectivity index (χ1v) is 8.07. The molecule has 20 heavy (non-hydrogen) atoms. The van der Waals surface area contributed by atoms with Crippen LogP contribution >= 0.6 is 0 Å². The molecule has 0 aromatic rings. The van der Waals surface area contributed by atoms with Crippen LogP contribution in [0.1, 0.15) is 47.0 Å². The number of nitrogens with zero attached hydrogens (tertiary/aromatic N) is 1. The predicted octanol–water partition coefficient (Wildman–Crippen LogP) is 1.88. The number of hydrogen-bond acceptors (Lipinski definition) is 3. The van der Waals surface area contributed by atoms with Crippen LogP contribution in [-0.4, -0.2) is 48.2 Å². The molecule has 0 aromatic carbocycles. The molecule has 0 bridgehead atoms. The molecule has 1 saturated heterocycles. The highest BCUT2D eigenvalue weighted by Gasteiger charge is 2.28. The van der Waals surface area contributed by atoms with Crippen LogP contribution < -0.4 is 5.32 Å². The summed E-state index contributed by atoms with van der Waals surface area (Å²) < 4.78 is 0. The van der Waals surface area contributed by atoms with Crippen molar-refractivity contribution in [3.8, 4) is 0 Å². The van der Waals surface area contributed by atoms with Crippen LogP contribution in [0.2, 0.25) is 0 Å². The third kappa shape index (κ3) is 5.80. The van der Waals surface area contributed by atoms with E-state index in [9.17, 15) is 9.90 Å². The Morgan fingerprint density at radius 1 is 1.20 bits per heavy atom. The number of hydrogen-bond donors (Lipinski definition) is 2. The second-order valence-corrected chi connectivity index (χ2v) is 6.94. The second kappa shape index (κ2) is 8.63. The van der Waals surface area contributed by atoms with Crippen LogP contribution in [0.5, 0.6) is 0 Å². The van der Waals surface area contributed by atoms with Gasteiger partial charge in [-0.05, 0) is 43.6 Å². The molecule has 1 aliphatic rings. The number of amides is 1. The van der Waals surface area contributed by atoms with E-state index in [1.54, 1.807) is 0 Å². The maximum Gasteiger partial charge on any atom is 0.239 e. The van der Waals surface area contributed by atoms with Gasteiger partial charge in [-0.1, -0.05) is 27.7 Å². The number of carbonyl (C=O) groups is 1. The highest BCUT2D eigenvalue weighted by atomic mass is 16.3. The molecule has 1 fully saturated rings. The molecule has 1 unspecified atom stereocenters. The minimum absolute atomic E-state index is 0.0527. The van der Waals surface area contributed by atoms with Gasteiger partial charge in [0, 0.05) is 19.7 Å². The van der Waals surface area contributed by atoms with E-state index >= 15 is 0 Å². The Hall–Kier alpha value is -0.610. The van der Waals surface area contributed by atoms with Crippen LogP contribution in [0.15, 0.2) is 0 Å². The molecule has 1 amide bonds. The van der Waals surface area contributed by atoms with Gasteiger partial charge in [0.1, 0.15) is 0 Å². The van der Waals surface area contributed by atoms with Gasteiger partial charge in [-0.15, -0.1) is 0 Å². The quantitative estimate of drug-likeness (QED) is 0.750. The lowest BCUT2D eigenvalue weighted by molar-refractivity contribution is -0.135. The van der Waals surface area contributed by atoms with E-state index in [-0.39, 0.29) is 18.6 Å². The second-order valence-electron chi connectivity index (χ2n) is 6.94. The first kappa shape index (κ1) is 17.4. The van der Waals surface area contributed by atoms with E-state index in [1.807, 2.05) is 4.90 Å². The minimum atomic E-state index is -0.0527. The summed E-state index contributed by atoms with van der Waals surface area (Å²) in [6.45, 7) is 11.4. The summed E-state index contributed by atoms with van der Waals surface area (Å²) in [6.07, 6.45) is 2.76. The summed E-state index contributed by atoms with van der Waals surface area (Å²) in [7, 11) is 0. The molecule has 0 radical (unpaired) electrons. The first-order chi connectivity index (χ1) is 9.43. The number of piperidine rings is 1. The molecule has 1 atom stereocenters. The molecule has 0 aliphatic carbocycles. The molecule has 0 aromatic heterocycles. The number of likely N-dealkylation sites (tertiary alicyclic amines) is 1. The SMILES string of the molecule is CC(C)CNC(CC(C)C)C(=O)N1CCC(CO)CC1. The van der Waals surface area contributed by atoms with Gasteiger partial charge in [-0.2, -0.15) is 0 Å². The number of rotatable bonds is 7. The number of nitrogens with one attached hydrogen (secondary N) is 1. The Labute approximate surface area is 123 Å². The fourth-order valence-corrected chi connectivity index (χ4v) is 2.68. The van der Waals surface area contributed by atoms with Crippen molar-refractivity contribution in [2.45, 2.75) is 53.0 Å². The normalized spacial score (nSPS) is 18.9. The summed E-state index contributed by atoms with van der Waals surface area (Å²) in [5, 5.41) is 12.6. The van der Waals surface area contributed by atoms with Gasteiger partial charge in [-0.3, -0.25) is 4.79 Å². The average Bonchev–Trinajstić information content (AvgIpc) is 2.42. The monoisotopic (exact) mass is 284 g/mol. The zero-order chi connectivity index (χ0) is 15.1. The Balaban J connectivity index is 2.53. The van der Waals surface area contributed by atoms with E-state index in [0.29, 0.717) is 17.8 Å². The largest absolute Gasteiger partial charge is 0.396 e. The number of carbonyl (C=O) groups excluding carboxylic acids is 1. The molecule has 1 aliphatic heterocycles. The van der Waals surface area contributed by atoms with E-state index in [0.717, 1.165) is 38.9 Å². The summed E-state index contributed by atoms with van der Waals surface area (Å²) in [6, 6.07) is -0.0527. The predicted molar refractivity (Wildman–Crippen MR) is 82.5 cm³/mol. The van der Waals surface area contributed by atoms with E-state index in [4.69, 9.17) is 0 Å². The van der Waals surface area contributed by atoms with Crippen LogP contribution in [-0.2, 0) is 4.79 Å². The Morgan fingerprint density at radius 3 is 2.25 bits per heavy atom. The van der Waals surface area contributed by atoms with Gasteiger partial charge in [0.05, 0.1) is 6.04 Å². The lowest BCUT2D eigenvalue weighted by Gasteiger charge is -2.34. The van der Waals surface area contributed by atoms with Gasteiger partial charge in [0.25, 0.3) is 0 Å². The number of aliphatic hydroxyl groups excluding tert-OH is 1. The molecule has 118 valence electrons. The van der Waals surface area contributed by atoms with Crippen molar-refractivity contribution in [1.29, 1.82) is 0 Å². The van der Waals surface area contributed by atoms with Crippen LogP contribution in [0, 0.1) is 17.8 Å². The maximum absolute atomic E-state index is 12.6. The fourth-order valence-electron chi connectivity index (χ4n) is 2.68. The maximum atomic E-state index is 12.6. The molecular weight excluding hydrogens is 252 g/mol. The zero-order valence-electron chi connectivity index (χ0n) is 13.6. The lowest BCUT2D eigenvalue weighted by Crippen LogP contribution is -2.50. The van der Waals surface area contributed by atoms with E-state index in [2.05, 4.69) is 33.0 Å². The van der Waals surface area contributed by atoms with Crippen molar-refractivity contribution in [3.63, 3.8) is 0 Å². The highest BCUT2D eigenvalue weighted by molar-refractivity contribution is 5.82. The van der Waals surface area contributed by atoms with Crippen molar-refractivity contribution in [3.05, 3.63) is 0 Å². The summed E-state index contributed by atoms with van der Waals surface area (Å²) in [4.78, 5) is 14.6. The van der Waals surface area contributed by atoms with Gasteiger partial charge >= 0.3 is 0 Å². The van der Waals surface area contributed by atoms with Crippen molar-refractivity contribution in [1.82, 2.24) is 10.2 Å². The van der Waals surface area contributed by atoms with Crippen molar-refractivity contribution >= 4 is 5.91 Å². The summed E-state index contributed by atoms with van der Waals surface area (Å²) in [5.74, 6) is 1.69. The topological polar surface area (TPSA) is 52.6 Å². The van der Waals surface area contributed by atoms with E-state index < -0.39 is 0 Å². The molecular formula is C16H32N2O2. The molecule has 1 rings (SSSR count). The molecule has 2 N–H and O–H groups in total. The van der Waals surface area contributed by atoms with Gasteiger partial charge < -0.3 is 15.3 Å². The van der Waals surface area contributed by atoms with Crippen molar-refractivity contribution in [2.24, 2.45) is 17.8 Å². The van der Waals surface area contributed by atoms with Gasteiger partial charge in [0.2, 0.25) is 5.91 Å². The summed E-state index contributed by atoms with van der Waals surface area (Å²) >= 11 is 0. The van der Waals surface area contributed by atoms with E-state index in [1.165, 1.54) is 0 Å². The van der Waals surface area contributed by atoms with Crippen molar-refractivity contribution in [2.75, 3.05) is 26.2 Å². The first-order valence-electron chi connectivity index (χ1n) is 8.07. The lowest BCUT2D eigenvalue weighted by atomic mass is 9.96. The molecule has 0 saturated carbocycles. The van der Waals surface area contributed by atoms with Gasteiger partial charge in [-0.25, -0.2) is 0 Å². The Kier molecular flexibility index (Phi) is 7.52. The Morgan fingerprint density at radius 2 is 1.80 bits per heavy atom. The third-order valence-electron chi connectivity index (χ3n) is 3.96. The van der Waals surface area contributed by atoms with Crippen molar-refractivity contribution < 1.29 is 9.90 Å².